The summed E-state index contributed by atoms with van der Waals surface area (Å²) in [7, 11) is 1.98. The highest BCUT2D eigenvalue weighted by Crippen LogP contribution is 2.37. The monoisotopic (exact) mass is 250 g/mol. The number of fused-ring (bicyclic) bond motifs is 1. The maximum atomic E-state index is 5.71. The summed E-state index contributed by atoms with van der Waals surface area (Å²) in [6.07, 6.45) is 1.02. The van der Waals surface area contributed by atoms with Crippen LogP contribution in [0.1, 0.15) is 30.5 Å². The quantitative estimate of drug-likeness (QED) is 0.839. The van der Waals surface area contributed by atoms with Gasteiger partial charge in [0.1, 0.15) is 0 Å². The Balaban J connectivity index is 2.25. The molecule has 0 saturated heterocycles. The molecule has 1 heterocycles. The smallest absolute Gasteiger partial charge is 0.231 e. The predicted molar refractivity (Wildman–Crippen MR) is 71.9 cm³/mol. The van der Waals surface area contributed by atoms with E-state index in [-0.39, 0.29) is 0 Å². The molecule has 3 N–H and O–H groups in total. The standard InChI is InChI=1S/C14H22N2O2/c1-9(7-15)4-12(16-3)11-6-14-13(5-10(11)2)17-8-18-14/h5-6,9,12,16H,4,7-8,15H2,1-3H3. The van der Waals surface area contributed by atoms with Crippen LogP contribution in [0.4, 0.5) is 0 Å². The summed E-state index contributed by atoms with van der Waals surface area (Å²) >= 11 is 0. The topological polar surface area (TPSA) is 56.5 Å². The molecule has 4 nitrogen and oxygen atoms in total. The zero-order valence-corrected chi connectivity index (χ0v) is 11.3. The van der Waals surface area contributed by atoms with Gasteiger partial charge in [0.05, 0.1) is 0 Å². The first-order chi connectivity index (χ1) is 8.65. The molecule has 0 aliphatic carbocycles. The minimum atomic E-state index is 0.304. The third-order valence-corrected chi connectivity index (χ3v) is 3.53. The lowest BCUT2D eigenvalue weighted by molar-refractivity contribution is 0.174. The number of rotatable bonds is 5. The van der Waals surface area contributed by atoms with E-state index >= 15 is 0 Å². The number of ether oxygens (including phenoxy) is 2. The van der Waals surface area contributed by atoms with E-state index in [4.69, 9.17) is 15.2 Å². The number of hydrogen-bond donors (Lipinski definition) is 2. The average molecular weight is 250 g/mol. The molecule has 1 aromatic carbocycles. The molecular weight excluding hydrogens is 228 g/mol. The molecule has 1 aliphatic rings. The van der Waals surface area contributed by atoms with Crippen LogP contribution in [0, 0.1) is 12.8 Å². The van der Waals surface area contributed by atoms with Crippen molar-refractivity contribution in [3.63, 3.8) is 0 Å². The fourth-order valence-electron chi connectivity index (χ4n) is 2.33. The Morgan fingerprint density at radius 3 is 2.61 bits per heavy atom. The van der Waals surface area contributed by atoms with Gasteiger partial charge in [0.25, 0.3) is 0 Å². The lowest BCUT2D eigenvalue weighted by Gasteiger charge is -2.22. The molecule has 100 valence electrons. The van der Waals surface area contributed by atoms with E-state index in [0.717, 1.165) is 17.9 Å². The summed E-state index contributed by atoms with van der Waals surface area (Å²) in [6.45, 7) is 5.31. The highest BCUT2D eigenvalue weighted by Gasteiger charge is 2.20. The van der Waals surface area contributed by atoms with Gasteiger partial charge in [-0.25, -0.2) is 0 Å². The third kappa shape index (κ3) is 2.60. The molecule has 2 unspecified atom stereocenters. The Bertz CT molecular complexity index is 421. The Morgan fingerprint density at radius 2 is 2.00 bits per heavy atom. The molecule has 1 aromatic rings. The number of hydrogen-bond acceptors (Lipinski definition) is 4. The SMILES string of the molecule is CNC(CC(C)CN)c1cc2c(cc1C)OCO2. The van der Waals surface area contributed by atoms with Crippen molar-refractivity contribution in [3.8, 4) is 11.5 Å². The van der Waals surface area contributed by atoms with Crippen molar-refractivity contribution in [2.45, 2.75) is 26.3 Å². The van der Waals surface area contributed by atoms with Gasteiger partial charge in [0.2, 0.25) is 6.79 Å². The van der Waals surface area contributed by atoms with Gasteiger partial charge in [-0.2, -0.15) is 0 Å². The number of benzene rings is 1. The van der Waals surface area contributed by atoms with Crippen LogP contribution in [0.2, 0.25) is 0 Å². The Hall–Kier alpha value is -1.26. The largest absolute Gasteiger partial charge is 0.454 e. The highest BCUT2D eigenvalue weighted by molar-refractivity contribution is 5.49. The summed E-state index contributed by atoms with van der Waals surface area (Å²) in [4.78, 5) is 0. The van der Waals surface area contributed by atoms with E-state index < -0.39 is 0 Å². The maximum Gasteiger partial charge on any atom is 0.231 e. The predicted octanol–water partition coefficient (Wildman–Crippen LogP) is 1.97. The zero-order chi connectivity index (χ0) is 13.1. The van der Waals surface area contributed by atoms with Gasteiger partial charge in [-0.15, -0.1) is 0 Å². The van der Waals surface area contributed by atoms with Crippen LogP contribution >= 0.6 is 0 Å². The summed E-state index contributed by atoms with van der Waals surface area (Å²) in [5, 5.41) is 3.36. The highest BCUT2D eigenvalue weighted by atomic mass is 16.7. The lowest BCUT2D eigenvalue weighted by atomic mass is 9.93. The molecule has 0 amide bonds. The number of aryl methyl sites for hydroxylation is 1. The molecule has 2 rings (SSSR count). The molecule has 0 fully saturated rings. The minimum absolute atomic E-state index is 0.304. The van der Waals surface area contributed by atoms with Gasteiger partial charge in [-0.3, -0.25) is 0 Å². The lowest BCUT2D eigenvalue weighted by Crippen LogP contribution is -2.23. The van der Waals surface area contributed by atoms with Gasteiger partial charge in [0.15, 0.2) is 11.5 Å². The van der Waals surface area contributed by atoms with Gasteiger partial charge in [-0.1, -0.05) is 6.92 Å². The molecule has 0 spiro atoms. The fraction of sp³-hybridized carbons (Fsp3) is 0.571. The van der Waals surface area contributed by atoms with Crippen LogP contribution in [0.3, 0.4) is 0 Å². The minimum Gasteiger partial charge on any atom is -0.454 e. The van der Waals surface area contributed by atoms with Crippen molar-refractivity contribution in [1.29, 1.82) is 0 Å². The van der Waals surface area contributed by atoms with Crippen molar-refractivity contribution in [2.75, 3.05) is 20.4 Å². The van der Waals surface area contributed by atoms with Crippen LogP contribution in [-0.4, -0.2) is 20.4 Å². The van der Waals surface area contributed by atoms with E-state index in [2.05, 4.69) is 31.3 Å². The van der Waals surface area contributed by atoms with Crippen LogP contribution in [0.15, 0.2) is 12.1 Å². The van der Waals surface area contributed by atoms with E-state index in [1.54, 1.807) is 0 Å². The average Bonchev–Trinajstić information content (AvgIpc) is 2.81. The van der Waals surface area contributed by atoms with Crippen LogP contribution in [0.5, 0.6) is 11.5 Å². The van der Waals surface area contributed by atoms with E-state index in [9.17, 15) is 0 Å². The first-order valence-corrected chi connectivity index (χ1v) is 6.43. The molecule has 4 heteroatoms. The van der Waals surface area contributed by atoms with Crippen LogP contribution in [0.25, 0.3) is 0 Å². The second kappa shape index (κ2) is 5.59. The fourth-order valence-corrected chi connectivity index (χ4v) is 2.33. The van der Waals surface area contributed by atoms with Crippen molar-refractivity contribution in [1.82, 2.24) is 5.32 Å². The molecule has 0 radical (unpaired) electrons. The summed E-state index contributed by atoms with van der Waals surface area (Å²) in [5.74, 6) is 2.18. The van der Waals surface area contributed by atoms with Gasteiger partial charge >= 0.3 is 0 Å². The van der Waals surface area contributed by atoms with Gasteiger partial charge < -0.3 is 20.5 Å². The summed E-state index contributed by atoms with van der Waals surface area (Å²) in [6, 6.07) is 4.44. The van der Waals surface area contributed by atoms with Crippen molar-refractivity contribution < 1.29 is 9.47 Å². The summed E-state index contributed by atoms with van der Waals surface area (Å²) in [5.41, 5.74) is 8.20. The Labute approximate surface area is 108 Å². The van der Waals surface area contributed by atoms with Crippen LogP contribution in [-0.2, 0) is 0 Å². The van der Waals surface area contributed by atoms with E-state index in [1.807, 2.05) is 7.05 Å². The second-order valence-electron chi connectivity index (χ2n) is 4.98. The first-order valence-electron chi connectivity index (χ1n) is 6.43. The molecule has 2 atom stereocenters. The Kier molecular flexibility index (Phi) is 4.09. The molecule has 0 bridgehead atoms. The normalized spacial score (nSPS) is 16.7. The maximum absolute atomic E-state index is 5.71. The van der Waals surface area contributed by atoms with Crippen molar-refractivity contribution >= 4 is 0 Å². The molecule has 1 aliphatic heterocycles. The van der Waals surface area contributed by atoms with Gasteiger partial charge in [-0.05, 0) is 56.1 Å². The molecule has 0 saturated carbocycles. The van der Waals surface area contributed by atoms with Gasteiger partial charge in [0, 0.05) is 6.04 Å². The number of nitrogens with one attached hydrogen (secondary N) is 1. The molecular formula is C14H22N2O2. The van der Waals surface area contributed by atoms with E-state index in [1.165, 1.54) is 11.1 Å². The Morgan fingerprint density at radius 1 is 1.33 bits per heavy atom. The van der Waals surface area contributed by atoms with Crippen LogP contribution < -0.4 is 20.5 Å². The second-order valence-corrected chi connectivity index (χ2v) is 4.98. The summed E-state index contributed by atoms with van der Waals surface area (Å²) < 4.78 is 10.8. The van der Waals surface area contributed by atoms with Crippen molar-refractivity contribution in [3.05, 3.63) is 23.3 Å². The molecule has 0 aromatic heterocycles. The van der Waals surface area contributed by atoms with E-state index in [0.29, 0.717) is 25.3 Å². The van der Waals surface area contributed by atoms with Crippen molar-refractivity contribution in [2.24, 2.45) is 11.7 Å². The molecule has 18 heavy (non-hydrogen) atoms. The third-order valence-electron chi connectivity index (χ3n) is 3.53. The zero-order valence-electron chi connectivity index (χ0n) is 11.3. The number of nitrogens with two attached hydrogens (primary N) is 1. The first kappa shape index (κ1) is 13.2.